The topological polar surface area (TPSA) is 105 Å². The number of hydrogen-bond acceptors (Lipinski definition) is 6. The van der Waals surface area contributed by atoms with Gasteiger partial charge in [0.25, 0.3) is 5.91 Å². The van der Waals surface area contributed by atoms with Gasteiger partial charge in [-0.1, -0.05) is 33.6 Å². The SMILES string of the molecule is CC(C)(C)c1cc(C2CCCC2)c(O)cc1NC(=O)C1CNc2cc(S(C)(=O)=O)ccc2O1. The molecule has 0 saturated heterocycles. The van der Waals surface area contributed by atoms with Crippen molar-refractivity contribution in [3.8, 4) is 11.5 Å². The number of rotatable bonds is 4. The van der Waals surface area contributed by atoms with Crippen LogP contribution in [0.2, 0.25) is 0 Å². The van der Waals surface area contributed by atoms with E-state index in [2.05, 4.69) is 31.4 Å². The predicted molar refractivity (Wildman–Crippen MR) is 129 cm³/mol. The molecule has 1 unspecified atom stereocenters. The lowest BCUT2D eigenvalue weighted by atomic mass is 9.82. The van der Waals surface area contributed by atoms with E-state index in [9.17, 15) is 18.3 Å². The number of hydrogen-bond donors (Lipinski definition) is 3. The van der Waals surface area contributed by atoms with E-state index in [1.807, 2.05) is 6.07 Å². The largest absolute Gasteiger partial charge is 0.508 e. The van der Waals surface area contributed by atoms with Crippen molar-refractivity contribution < 1.29 is 23.1 Å². The first-order valence-corrected chi connectivity index (χ1v) is 13.3. The number of fused-ring (bicyclic) bond motifs is 1. The Morgan fingerprint density at radius 2 is 1.85 bits per heavy atom. The minimum Gasteiger partial charge on any atom is -0.508 e. The van der Waals surface area contributed by atoms with E-state index in [4.69, 9.17) is 4.74 Å². The van der Waals surface area contributed by atoms with Crippen molar-refractivity contribution in [3.63, 3.8) is 0 Å². The summed E-state index contributed by atoms with van der Waals surface area (Å²) in [6, 6.07) is 8.24. The molecule has 1 aliphatic heterocycles. The second kappa shape index (κ2) is 8.56. The van der Waals surface area contributed by atoms with Gasteiger partial charge in [-0.2, -0.15) is 0 Å². The summed E-state index contributed by atoms with van der Waals surface area (Å²) < 4.78 is 29.4. The van der Waals surface area contributed by atoms with Gasteiger partial charge in [-0.15, -0.1) is 0 Å². The highest BCUT2D eigenvalue weighted by Gasteiger charge is 2.30. The highest BCUT2D eigenvalue weighted by molar-refractivity contribution is 7.90. The molecule has 1 fully saturated rings. The molecule has 1 heterocycles. The highest BCUT2D eigenvalue weighted by atomic mass is 32.2. The number of anilines is 2. The summed E-state index contributed by atoms with van der Waals surface area (Å²) in [5.41, 5.74) is 2.81. The number of nitrogens with one attached hydrogen (secondary N) is 2. The van der Waals surface area contributed by atoms with Gasteiger partial charge in [0, 0.05) is 18.0 Å². The van der Waals surface area contributed by atoms with Crippen molar-refractivity contribution in [1.82, 2.24) is 0 Å². The van der Waals surface area contributed by atoms with Gasteiger partial charge in [-0.05, 0) is 59.6 Å². The fraction of sp³-hybridized carbons (Fsp3) is 0.480. The Hall–Kier alpha value is -2.74. The molecule has 2 aromatic carbocycles. The number of carbonyl (C=O) groups excluding carboxylic acids is 1. The Bertz CT molecular complexity index is 1180. The summed E-state index contributed by atoms with van der Waals surface area (Å²) in [4.78, 5) is 13.3. The van der Waals surface area contributed by atoms with Gasteiger partial charge in [0.05, 0.1) is 17.1 Å². The fourth-order valence-corrected chi connectivity index (χ4v) is 5.28. The van der Waals surface area contributed by atoms with Crippen molar-refractivity contribution in [3.05, 3.63) is 41.5 Å². The molecule has 4 rings (SSSR count). The molecule has 1 amide bonds. The first-order valence-electron chi connectivity index (χ1n) is 11.4. The Morgan fingerprint density at radius 3 is 2.48 bits per heavy atom. The van der Waals surface area contributed by atoms with E-state index in [0.29, 0.717) is 23.0 Å². The average Bonchev–Trinajstić information content (AvgIpc) is 3.26. The van der Waals surface area contributed by atoms with Crippen LogP contribution in [-0.2, 0) is 20.0 Å². The Labute approximate surface area is 195 Å². The Kier molecular flexibility index (Phi) is 6.07. The summed E-state index contributed by atoms with van der Waals surface area (Å²) in [6.07, 6.45) is 4.84. The summed E-state index contributed by atoms with van der Waals surface area (Å²) in [6.45, 7) is 6.45. The van der Waals surface area contributed by atoms with Crippen molar-refractivity contribution >= 4 is 27.1 Å². The second-order valence-corrected chi connectivity index (χ2v) is 12.1. The standard InChI is InChI=1S/C25H32N2O5S/c1-25(2,3)18-12-17(15-7-5-6-8-15)21(28)13-19(18)27-24(29)23-14-26-20-11-16(33(4,30)31)9-10-22(20)32-23/h9-13,15,23,26,28H,5-8,14H2,1-4H3,(H,27,29). The molecule has 1 saturated carbocycles. The van der Waals surface area contributed by atoms with Crippen LogP contribution in [0.1, 0.15) is 63.5 Å². The molecule has 8 heteroatoms. The molecule has 7 nitrogen and oxygen atoms in total. The van der Waals surface area contributed by atoms with E-state index in [0.717, 1.165) is 30.2 Å². The van der Waals surface area contributed by atoms with Crippen molar-refractivity contribution in [2.45, 2.75) is 68.8 Å². The molecule has 0 radical (unpaired) electrons. The second-order valence-electron chi connectivity index (χ2n) is 10.1. The maximum atomic E-state index is 13.1. The zero-order valence-electron chi connectivity index (χ0n) is 19.6. The van der Waals surface area contributed by atoms with Crippen LogP contribution in [0.4, 0.5) is 11.4 Å². The first kappa shape index (κ1) is 23.4. The number of aromatic hydroxyl groups is 1. The van der Waals surface area contributed by atoms with Crippen molar-refractivity contribution in [2.24, 2.45) is 0 Å². The third-order valence-corrected chi connectivity index (χ3v) is 7.56. The third kappa shape index (κ3) is 4.95. The number of amides is 1. The number of benzene rings is 2. The lowest BCUT2D eigenvalue weighted by Gasteiger charge is -2.29. The molecule has 2 aromatic rings. The Balaban J connectivity index is 1.56. The molecule has 0 bridgehead atoms. The normalized spacial score (nSPS) is 18.8. The maximum Gasteiger partial charge on any atom is 0.267 e. The number of sulfone groups is 1. The van der Waals surface area contributed by atoms with Gasteiger partial charge in [-0.3, -0.25) is 4.79 Å². The van der Waals surface area contributed by atoms with E-state index in [1.165, 1.54) is 25.0 Å². The van der Waals surface area contributed by atoms with Crippen LogP contribution in [0, 0.1) is 0 Å². The van der Waals surface area contributed by atoms with Crippen LogP contribution in [0.5, 0.6) is 11.5 Å². The summed E-state index contributed by atoms with van der Waals surface area (Å²) >= 11 is 0. The van der Waals surface area contributed by atoms with Crippen molar-refractivity contribution in [1.29, 1.82) is 0 Å². The minimum atomic E-state index is -3.34. The van der Waals surface area contributed by atoms with Crippen LogP contribution in [0.3, 0.4) is 0 Å². The van der Waals surface area contributed by atoms with Gasteiger partial charge in [-0.25, -0.2) is 8.42 Å². The molecule has 1 aliphatic carbocycles. The summed E-state index contributed by atoms with van der Waals surface area (Å²) in [5.74, 6) is 0.657. The lowest BCUT2D eigenvalue weighted by molar-refractivity contribution is -0.122. The van der Waals surface area contributed by atoms with Crippen LogP contribution in [-0.4, -0.2) is 38.3 Å². The van der Waals surface area contributed by atoms with Crippen LogP contribution >= 0.6 is 0 Å². The zero-order chi connectivity index (χ0) is 24.0. The first-order chi connectivity index (χ1) is 15.4. The molecular formula is C25H32N2O5S. The maximum absolute atomic E-state index is 13.1. The van der Waals surface area contributed by atoms with Crippen LogP contribution in [0.25, 0.3) is 0 Å². The molecule has 3 N–H and O–H groups in total. The number of carbonyl (C=O) groups is 1. The number of ether oxygens (including phenoxy) is 1. The van der Waals surface area contributed by atoms with Gasteiger partial charge in [0.2, 0.25) is 0 Å². The summed E-state index contributed by atoms with van der Waals surface area (Å²) in [7, 11) is -3.34. The molecule has 2 aliphatic rings. The van der Waals surface area contributed by atoms with E-state index < -0.39 is 15.9 Å². The fourth-order valence-electron chi connectivity index (χ4n) is 4.63. The third-order valence-electron chi connectivity index (χ3n) is 6.45. The van der Waals surface area contributed by atoms with Gasteiger partial charge >= 0.3 is 0 Å². The van der Waals surface area contributed by atoms with Crippen molar-refractivity contribution in [2.75, 3.05) is 23.4 Å². The van der Waals surface area contributed by atoms with E-state index in [-0.39, 0.29) is 28.5 Å². The predicted octanol–water partition coefficient (Wildman–Crippen LogP) is 4.56. The Morgan fingerprint density at radius 1 is 1.15 bits per heavy atom. The zero-order valence-corrected chi connectivity index (χ0v) is 20.4. The average molecular weight is 473 g/mol. The van der Waals surface area contributed by atoms with Gasteiger partial charge < -0.3 is 20.5 Å². The van der Waals surface area contributed by atoms with Crippen LogP contribution < -0.4 is 15.4 Å². The van der Waals surface area contributed by atoms with E-state index >= 15 is 0 Å². The molecule has 0 spiro atoms. The molecule has 178 valence electrons. The number of phenolic OH excluding ortho intramolecular Hbond substituents is 1. The monoisotopic (exact) mass is 472 g/mol. The van der Waals surface area contributed by atoms with Crippen LogP contribution in [0.15, 0.2) is 35.2 Å². The summed E-state index contributed by atoms with van der Waals surface area (Å²) in [5, 5.41) is 16.8. The lowest BCUT2D eigenvalue weighted by Crippen LogP contribution is -2.41. The van der Waals surface area contributed by atoms with E-state index in [1.54, 1.807) is 12.1 Å². The molecule has 0 aromatic heterocycles. The van der Waals surface area contributed by atoms with Gasteiger partial charge in [0.1, 0.15) is 11.5 Å². The quantitative estimate of drug-likeness (QED) is 0.602. The van der Waals surface area contributed by atoms with Gasteiger partial charge in [0.15, 0.2) is 15.9 Å². The molecule has 33 heavy (non-hydrogen) atoms. The minimum absolute atomic E-state index is 0.188. The molecule has 1 atom stereocenters. The smallest absolute Gasteiger partial charge is 0.267 e. The highest BCUT2D eigenvalue weighted by Crippen LogP contribution is 2.43. The molecular weight excluding hydrogens is 440 g/mol. The number of phenols is 1.